The number of nitrogens with zero attached hydrogens (tertiary/aromatic N) is 2. The zero-order chi connectivity index (χ0) is 23.1. The third kappa shape index (κ3) is 5.25. The van der Waals surface area contributed by atoms with Crippen molar-refractivity contribution in [2.75, 3.05) is 26.7 Å². The van der Waals surface area contributed by atoms with Gasteiger partial charge in [-0.3, -0.25) is 4.79 Å². The molecule has 2 aliphatic heterocycles. The molecule has 7 nitrogen and oxygen atoms in total. The quantitative estimate of drug-likeness (QED) is 0.666. The number of hydrogen-bond donors (Lipinski definition) is 2. The van der Waals surface area contributed by atoms with Crippen LogP contribution in [0, 0.1) is 11.2 Å². The number of nitrogens with one attached hydrogen (secondary N) is 2. The molecule has 176 valence electrons. The summed E-state index contributed by atoms with van der Waals surface area (Å²) in [5, 5.41) is 5.61. The standard InChI is InChI=1S/C21H26F4N4O3/c1-28-10-15(7-20(12-28)8-18(30)27-11-20)29(14-3-4-14)19(31)26-9-13-2-5-16(6-17(13)22)32-21(23,24)25/h2,5-6,14-15H,3-4,7-12H2,1H3,(H,26,31)(H,27,30). The highest BCUT2D eigenvalue weighted by Gasteiger charge is 2.48. The number of amides is 3. The highest BCUT2D eigenvalue weighted by Crippen LogP contribution is 2.40. The summed E-state index contributed by atoms with van der Waals surface area (Å²) in [7, 11) is 1.97. The Labute approximate surface area is 183 Å². The SMILES string of the molecule is CN1CC(N(C(=O)NCc2ccc(OC(F)(F)F)cc2F)C2CC2)CC2(CNC(=O)C2)C1. The van der Waals surface area contributed by atoms with Crippen LogP contribution in [0.15, 0.2) is 18.2 Å². The predicted molar refractivity (Wildman–Crippen MR) is 106 cm³/mol. The molecule has 3 aliphatic rings. The van der Waals surface area contributed by atoms with Crippen LogP contribution in [0.25, 0.3) is 0 Å². The van der Waals surface area contributed by atoms with Gasteiger partial charge in [0.2, 0.25) is 5.91 Å². The van der Waals surface area contributed by atoms with E-state index in [2.05, 4.69) is 20.3 Å². The second-order valence-electron chi connectivity index (χ2n) is 9.11. The highest BCUT2D eigenvalue weighted by molar-refractivity contribution is 5.79. The smallest absolute Gasteiger partial charge is 0.406 e. The molecule has 0 aromatic heterocycles. The molecule has 1 spiro atoms. The monoisotopic (exact) mass is 458 g/mol. The van der Waals surface area contributed by atoms with E-state index in [1.165, 1.54) is 0 Å². The van der Waals surface area contributed by atoms with E-state index in [1.54, 1.807) is 4.90 Å². The molecule has 11 heteroatoms. The second kappa shape index (κ2) is 8.42. The average molecular weight is 458 g/mol. The minimum atomic E-state index is -4.91. The van der Waals surface area contributed by atoms with E-state index in [4.69, 9.17) is 0 Å². The summed E-state index contributed by atoms with van der Waals surface area (Å²) in [5.74, 6) is -1.52. The minimum absolute atomic E-state index is 0.0231. The molecule has 1 aromatic rings. The first kappa shape index (κ1) is 22.6. The lowest BCUT2D eigenvalue weighted by molar-refractivity contribution is -0.274. The van der Waals surface area contributed by atoms with Gasteiger partial charge in [-0.1, -0.05) is 6.07 Å². The molecule has 3 fully saturated rings. The summed E-state index contributed by atoms with van der Waals surface area (Å²) in [6.07, 6.45) is -1.99. The van der Waals surface area contributed by atoms with Crippen LogP contribution in [-0.2, 0) is 11.3 Å². The number of benzene rings is 1. The number of hydrogen-bond acceptors (Lipinski definition) is 4. The van der Waals surface area contributed by atoms with Crippen molar-refractivity contribution in [2.45, 2.75) is 50.7 Å². The summed E-state index contributed by atoms with van der Waals surface area (Å²) in [6.45, 7) is 1.88. The summed E-state index contributed by atoms with van der Waals surface area (Å²) in [6, 6.07) is 2.51. The Morgan fingerprint density at radius 2 is 2.09 bits per heavy atom. The van der Waals surface area contributed by atoms with Crippen molar-refractivity contribution < 1.29 is 31.9 Å². The molecule has 0 bridgehead atoms. The van der Waals surface area contributed by atoms with E-state index in [9.17, 15) is 27.2 Å². The lowest BCUT2D eigenvalue weighted by Crippen LogP contribution is -2.58. The van der Waals surface area contributed by atoms with E-state index in [0.717, 1.165) is 31.5 Å². The topological polar surface area (TPSA) is 73.9 Å². The zero-order valence-electron chi connectivity index (χ0n) is 17.7. The summed E-state index contributed by atoms with van der Waals surface area (Å²) >= 11 is 0. The van der Waals surface area contributed by atoms with Crippen LogP contribution >= 0.6 is 0 Å². The largest absolute Gasteiger partial charge is 0.573 e. The van der Waals surface area contributed by atoms with Crippen molar-refractivity contribution in [3.8, 4) is 5.75 Å². The fourth-order valence-corrected chi connectivity index (χ4v) is 4.93. The lowest BCUT2D eigenvalue weighted by atomic mass is 9.77. The molecule has 32 heavy (non-hydrogen) atoms. The number of ether oxygens (including phenoxy) is 1. The van der Waals surface area contributed by atoms with Crippen molar-refractivity contribution in [1.29, 1.82) is 0 Å². The van der Waals surface area contributed by atoms with Gasteiger partial charge in [-0.2, -0.15) is 0 Å². The Bertz CT molecular complexity index is 892. The number of likely N-dealkylation sites (N-methyl/N-ethyl adjacent to an activating group) is 1. The number of halogens is 4. The van der Waals surface area contributed by atoms with E-state index in [-0.39, 0.29) is 41.5 Å². The van der Waals surface area contributed by atoms with Crippen LogP contribution in [0.1, 0.15) is 31.2 Å². The summed E-state index contributed by atoms with van der Waals surface area (Å²) < 4.78 is 54.8. The highest BCUT2D eigenvalue weighted by atomic mass is 19.4. The number of urea groups is 1. The summed E-state index contributed by atoms with van der Waals surface area (Å²) in [5.41, 5.74) is -0.144. The Morgan fingerprint density at radius 3 is 2.69 bits per heavy atom. The van der Waals surface area contributed by atoms with Gasteiger partial charge in [-0.05, 0) is 32.4 Å². The van der Waals surface area contributed by atoms with Crippen molar-refractivity contribution >= 4 is 11.9 Å². The predicted octanol–water partition coefficient (Wildman–Crippen LogP) is 2.61. The van der Waals surface area contributed by atoms with Crippen LogP contribution in [-0.4, -0.2) is 66.9 Å². The molecular formula is C21H26F4N4O3. The Kier molecular flexibility index (Phi) is 5.95. The summed E-state index contributed by atoms with van der Waals surface area (Å²) in [4.78, 5) is 28.8. The van der Waals surface area contributed by atoms with Gasteiger partial charge >= 0.3 is 12.4 Å². The maximum Gasteiger partial charge on any atom is 0.573 e. The van der Waals surface area contributed by atoms with Crippen molar-refractivity contribution in [2.24, 2.45) is 5.41 Å². The second-order valence-corrected chi connectivity index (χ2v) is 9.11. The Balaban J connectivity index is 1.42. The lowest BCUT2D eigenvalue weighted by Gasteiger charge is -2.46. The molecule has 1 saturated carbocycles. The van der Waals surface area contributed by atoms with Crippen molar-refractivity contribution in [1.82, 2.24) is 20.4 Å². The zero-order valence-corrected chi connectivity index (χ0v) is 17.7. The fraction of sp³-hybridized carbons (Fsp3) is 0.619. The van der Waals surface area contributed by atoms with Gasteiger partial charge in [-0.25, -0.2) is 9.18 Å². The van der Waals surface area contributed by atoms with Crippen LogP contribution in [0.4, 0.5) is 22.4 Å². The van der Waals surface area contributed by atoms with Gasteiger partial charge in [0.1, 0.15) is 11.6 Å². The molecule has 2 saturated heterocycles. The van der Waals surface area contributed by atoms with Gasteiger partial charge in [0.25, 0.3) is 0 Å². The molecule has 0 radical (unpaired) electrons. The number of carbonyl (C=O) groups excluding carboxylic acids is 2. The van der Waals surface area contributed by atoms with Gasteiger partial charge in [0.15, 0.2) is 0 Å². The first-order valence-corrected chi connectivity index (χ1v) is 10.6. The molecule has 2 N–H and O–H groups in total. The third-order valence-corrected chi connectivity index (χ3v) is 6.25. The number of carbonyl (C=O) groups is 2. The number of piperidine rings is 1. The number of alkyl halides is 3. The minimum Gasteiger partial charge on any atom is -0.406 e. The number of rotatable bonds is 5. The normalized spacial score (nSPS) is 26.2. The molecule has 3 amide bonds. The van der Waals surface area contributed by atoms with Crippen LogP contribution in [0.3, 0.4) is 0 Å². The molecule has 2 heterocycles. The number of likely N-dealkylation sites (tertiary alicyclic amines) is 1. The van der Waals surface area contributed by atoms with Crippen LogP contribution < -0.4 is 15.4 Å². The molecule has 1 aliphatic carbocycles. The van der Waals surface area contributed by atoms with Crippen LogP contribution in [0.5, 0.6) is 5.75 Å². The Morgan fingerprint density at radius 1 is 1.34 bits per heavy atom. The fourth-order valence-electron chi connectivity index (χ4n) is 4.93. The molecule has 2 unspecified atom stereocenters. The first-order valence-electron chi connectivity index (χ1n) is 10.6. The van der Waals surface area contributed by atoms with Gasteiger partial charge in [0.05, 0.1) is 0 Å². The molecule has 2 atom stereocenters. The average Bonchev–Trinajstić information content (AvgIpc) is 3.43. The van der Waals surface area contributed by atoms with E-state index < -0.39 is 17.9 Å². The molecule has 1 aromatic carbocycles. The Hall–Kier alpha value is -2.56. The van der Waals surface area contributed by atoms with Crippen molar-refractivity contribution in [3.63, 3.8) is 0 Å². The van der Waals surface area contributed by atoms with Crippen LogP contribution in [0.2, 0.25) is 0 Å². The third-order valence-electron chi connectivity index (χ3n) is 6.25. The van der Waals surface area contributed by atoms with E-state index in [0.29, 0.717) is 32.0 Å². The van der Waals surface area contributed by atoms with Gasteiger partial charge in [0, 0.05) is 61.7 Å². The first-order chi connectivity index (χ1) is 15.0. The maximum atomic E-state index is 14.2. The van der Waals surface area contributed by atoms with Gasteiger partial charge < -0.3 is 25.2 Å². The van der Waals surface area contributed by atoms with Gasteiger partial charge in [-0.15, -0.1) is 13.2 Å². The van der Waals surface area contributed by atoms with E-state index >= 15 is 0 Å². The van der Waals surface area contributed by atoms with Crippen molar-refractivity contribution in [3.05, 3.63) is 29.6 Å². The van der Waals surface area contributed by atoms with E-state index in [1.807, 2.05) is 7.05 Å². The maximum absolute atomic E-state index is 14.2. The molecule has 4 rings (SSSR count). The molecular weight excluding hydrogens is 432 g/mol.